The van der Waals surface area contributed by atoms with Gasteiger partial charge in [-0.1, -0.05) is 0 Å². The molecule has 1 saturated heterocycles. The van der Waals surface area contributed by atoms with Crippen molar-refractivity contribution in [3.8, 4) is 5.75 Å². The van der Waals surface area contributed by atoms with E-state index in [-0.39, 0.29) is 5.91 Å². The SMILES string of the molecule is COc1ccc(N)cc1N1CCN(C(=O)c2cccnc2)CC1. The van der Waals surface area contributed by atoms with Crippen LogP contribution >= 0.6 is 0 Å². The number of ether oxygens (including phenoxy) is 1. The summed E-state index contributed by atoms with van der Waals surface area (Å²) in [6, 6.07) is 9.18. The minimum Gasteiger partial charge on any atom is -0.495 e. The van der Waals surface area contributed by atoms with Gasteiger partial charge in [-0.25, -0.2) is 0 Å². The van der Waals surface area contributed by atoms with E-state index < -0.39 is 0 Å². The fraction of sp³-hybridized carbons (Fsp3) is 0.294. The molecular formula is C17H20N4O2. The number of piperazine rings is 1. The molecule has 2 heterocycles. The number of methoxy groups -OCH3 is 1. The van der Waals surface area contributed by atoms with Gasteiger partial charge in [0.2, 0.25) is 0 Å². The Morgan fingerprint density at radius 2 is 2.00 bits per heavy atom. The van der Waals surface area contributed by atoms with Crippen LogP contribution in [0.5, 0.6) is 5.75 Å². The zero-order valence-corrected chi connectivity index (χ0v) is 13.1. The van der Waals surface area contributed by atoms with Crippen LogP contribution in [0, 0.1) is 0 Å². The lowest BCUT2D eigenvalue weighted by Gasteiger charge is -2.36. The first-order chi connectivity index (χ1) is 11.2. The van der Waals surface area contributed by atoms with Crippen LogP contribution in [0.2, 0.25) is 0 Å². The third kappa shape index (κ3) is 3.21. The van der Waals surface area contributed by atoms with Gasteiger partial charge in [0.25, 0.3) is 5.91 Å². The molecule has 1 aliphatic heterocycles. The van der Waals surface area contributed by atoms with Crippen molar-refractivity contribution < 1.29 is 9.53 Å². The van der Waals surface area contributed by atoms with Crippen molar-refractivity contribution in [2.45, 2.75) is 0 Å². The third-order valence-corrected chi connectivity index (χ3v) is 4.02. The molecule has 1 amide bonds. The number of amides is 1. The molecule has 1 fully saturated rings. The number of anilines is 2. The molecule has 120 valence electrons. The number of aromatic nitrogens is 1. The Labute approximate surface area is 135 Å². The summed E-state index contributed by atoms with van der Waals surface area (Å²) in [6.45, 7) is 2.80. The van der Waals surface area contributed by atoms with Gasteiger partial charge in [-0.05, 0) is 30.3 Å². The highest BCUT2D eigenvalue weighted by atomic mass is 16.5. The molecule has 0 saturated carbocycles. The number of nitrogens with zero attached hydrogens (tertiary/aromatic N) is 3. The fourth-order valence-corrected chi connectivity index (χ4v) is 2.78. The van der Waals surface area contributed by atoms with E-state index >= 15 is 0 Å². The minimum absolute atomic E-state index is 0.0253. The summed E-state index contributed by atoms with van der Waals surface area (Å²) in [5.41, 5.74) is 8.19. The van der Waals surface area contributed by atoms with E-state index in [0.717, 1.165) is 24.5 Å². The van der Waals surface area contributed by atoms with Crippen molar-refractivity contribution in [2.75, 3.05) is 43.9 Å². The Morgan fingerprint density at radius 3 is 2.65 bits per heavy atom. The lowest BCUT2D eigenvalue weighted by atomic mass is 10.2. The van der Waals surface area contributed by atoms with Crippen molar-refractivity contribution >= 4 is 17.3 Å². The van der Waals surface area contributed by atoms with Crippen LogP contribution in [0.15, 0.2) is 42.7 Å². The van der Waals surface area contributed by atoms with E-state index in [1.54, 1.807) is 31.6 Å². The summed E-state index contributed by atoms with van der Waals surface area (Å²) in [4.78, 5) is 20.5. The van der Waals surface area contributed by atoms with Gasteiger partial charge in [-0.3, -0.25) is 9.78 Å². The van der Waals surface area contributed by atoms with Gasteiger partial charge < -0.3 is 20.3 Å². The number of nitrogens with two attached hydrogens (primary N) is 1. The quantitative estimate of drug-likeness (QED) is 0.872. The largest absolute Gasteiger partial charge is 0.495 e. The molecule has 1 aromatic carbocycles. The average Bonchev–Trinajstić information content (AvgIpc) is 2.62. The lowest BCUT2D eigenvalue weighted by Crippen LogP contribution is -2.48. The molecule has 3 rings (SSSR count). The Morgan fingerprint density at radius 1 is 1.22 bits per heavy atom. The van der Waals surface area contributed by atoms with Crippen molar-refractivity contribution in [3.05, 3.63) is 48.3 Å². The molecule has 1 aliphatic rings. The van der Waals surface area contributed by atoms with Gasteiger partial charge in [0, 0.05) is 44.3 Å². The van der Waals surface area contributed by atoms with Crippen LogP contribution < -0.4 is 15.4 Å². The summed E-state index contributed by atoms with van der Waals surface area (Å²) < 4.78 is 5.41. The maximum atomic E-state index is 12.4. The second-order valence-corrected chi connectivity index (χ2v) is 5.45. The number of pyridine rings is 1. The van der Waals surface area contributed by atoms with Crippen LogP contribution in [-0.4, -0.2) is 49.1 Å². The van der Waals surface area contributed by atoms with Crippen LogP contribution in [-0.2, 0) is 0 Å². The molecule has 23 heavy (non-hydrogen) atoms. The number of carbonyl (C=O) groups excluding carboxylic acids is 1. The van der Waals surface area contributed by atoms with E-state index in [1.165, 1.54) is 0 Å². The molecule has 2 N–H and O–H groups in total. The Balaban J connectivity index is 1.69. The first-order valence-corrected chi connectivity index (χ1v) is 7.57. The van der Waals surface area contributed by atoms with Gasteiger partial charge in [-0.2, -0.15) is 0 Å². The maximum Gasteiger partial charge on any atom is 0.255 e. The number of rotatable bonds is 3. The van der Waals surface area contributed by atoms with Crippen LogP contribution in [0.25, 0.3) is 0 Å². The van der Waals surface area contributed by atoms with E-state index in [0.29, 0.717) is 24.3 Å². The zero-order chi connectivity index (χ0) is 16.2. The summed E-state index contributed by atoms with van der Waals surface area (Å²) in [5, 5.41) is 0. The van der Waals surface area contributed by atoms with Crippen LogP contribution in [0.1, 0.15) is 10.4 Å². The van der Waals surface area contributed by atoms with Crippen LogP contribution in [0.4, 0.5) is 11.4 Å². The van der Waals surface area contributed by atoms with Gasteiger partial charge in [0.1, 0.15) is 5.75 Å². The predicted molar refractivity (Wildman–Crippen MR) is 89.8 cm³/mol. The third-order valence-electron chi connectivity index (χ3n) is 4.02. The maximum absolute atomic E-state index is 12.4. The standard InChI is InChI=1S/C17H20N4O2/c1-23-16-5-4-14(18)11-15(16)20-7-9-21(10-8-20)17(22)13-3-2-6-19-12-13/h2-6,11-12H,7-10,18H2,1H3. The smallest absolute Gasteiger partial charge is 0.255 e. The molecule has 0 aliphatic carbocycles. The van der Waals surface area contributed by atoms with Gasteiger partial charge >= 0.3 is 0 Å². The molecule has 2 aromatic rings. The van der Waals surface area contributed by atoms with E-state index in [1.807, 2.05) is 23.1 Å². The first kappa shape index (κ1) is 15.1. The van der Waals surface area contributed by atoms with Crippen molar-refractivity contribution in [3.63, 3.8) is 0 Å². The van der Waals surface area contributed by atoms with Crippen molar-refractivity contribution in [1.82, 2.24) is 9.88 Å². The topological polar surface area (TPSA) is 71.7 Å². The van der Waals surface area contributed by atoms with E-state index in [4.69, 9.17) is 10.5 Å². The van der Waals surface area contributed by atoms with Crippen molar-refractivity contribution in [1.29, 1.82) is 0 Å². The Kier molecular flexibility index (Phi) is 4.32. The molecule has 6 nitrogen and oxygen atoms in total. The first-order valence-electron chi connectivity index (χ1n) is 7.57. The van der Waals surface area contributed by atoms with Crippen molar-refractivity contribution in [2.24, 2.45) is 0 Å². The molecule has 1 aromatic heterocycles. The molecule has 0 spiro atoms. The molecule has 6 heteroatoms. The highest BCUT2D eigenvalue weighted by molar-refractivity contribution is 5.94. The highest BCUT2D eigenvalue weighted by Crippen LogP contribution is 2.31. The number of hydrogen-bond acceptors (Lipinski definition) is 5. The lowest BCUT2D eigenvalue weighted by molar-refractivity contribution is 0.0746. The summed E-state index contributed by atoms with van der Waals surface area (Å²) in [5.74, 6) is 0.823. The highest BCUT2D eigenvalue weighted by Gasteiger charge is 2.23. The summed E-state index contributed by atoms with van der Waals surface area (Å²) >= 11 is 0. The number of carbonyl (C=O) groups is 1. The van der Waals surface area contributed by atoms with Gasteiger partial charge in [0.15, 0.2) is 0 Å². The normalized spacial score (nSPS) is 14.7. The van der Waals surface area contributed by atoms with E-state index in [2.05, 4.69) is 9.88 Å². The van der Waals surface area contributed by atoms with Gasteiger partial charge in [-0.15, -0.1) is 0 Å². The minimum atomic E-state index is 0.0253. The summed E-state index contributed by atoms with van der Waals surface area (Å²) in [6.07, 6.45) is 3.27. The Hall–Kier alpha value is -2.76. The number of hydrogen-bond donors (Lipinski definition) is 1. The predicted octanol–water partition coefficient (Wildman–Crippen LogP) is 1.63. The molecule has 0 atom stereocenters. The summed E-state index contributed by atoms with van der Waals surface area (Å²) in [7, 11) is 1.65. The Bertz CT molecular complexity index is 682. The van der Waals surface area contributed by atoms with Crippen LogP contribution in [0.3, 0.4) is 0 Å². The number of nitrogen functional groups attached to an aromatic ring is 1. The monoisotopic (exact) mass is 312 g/mol. The second-order valence-electron chi connectivity index (χ2n) is 5.45. The molecule has 0 unspecified atom stereocenters. The fourth-order valence-electron chi connectivity index (χ4n) is 2.78. The van der Waals surface area contributed by atoms with Gasteiger partial charge in [0.05, 0.1) is 18.4 Å². The average molecular weight is 312 g/mol. The zero-order valence-electron chi connectivity index (χ0n) is 13.1. The molecule has 0 radical (unpaired) electrons. The second kappa shape index (κ2) is 6.56. The van der Waals surface area contributed by atoms with E-state index in [9.17, 15) is 4.79 Å². The molecule has 0 bridgehead atoms. The number of benzene rings is 1. The molecular weight excluding hydrogens is 292 g/mol.